The molecule has 2 aliphatic rings. The first-order valence-corrected chi connectivity index (χ1v) is 5.62. The molecular weight excluding hydrogens is 176 g/mol. The van der Waals surface area contributed by atoms with Gasteiger partial charge in [-0.15, -0.1) is 0 Å². The lowest BCUT2D eigenvalue weighted by molar-refractivity contribution is -0.133. The number of hydrogen-bond donors (Lipinski definition) is 0. The van der Waals surface area contributed by atoms with Crippen molar-refractivity contribution in [1.82, 2.24) is 5.01 Å². The van der Waals surface area contributed by atoms with Crippen molar-refractivity contribution in [2.24, 2.45) is 11.0 Å². The molecule has 1 aliphatic carbocycles. The van der Waals surface area contributed by atoms with E-state index in [4.69, 9.17) is 0 Å². The van der Waals surface area contributed by atoms with Crippen LogP contribution in [-0.4, -0.2) is 22.7 Å². The van der Waals surface area contributed by atoms with E-state index in [1.54, 1.807) is 5.01 Å². The number of nitrogens with zero attached hydrogens (tertiary/aromatic N) is 2. The molecule has 0 aromatic carbocycles. The third-order valence-electron chi connectivity index (χ3n) is 3.37. The summed E-state index contributed by atoms with van der Waals surface area (Å²) >= 11 is 0. The van der Waals surface area contributed by atoms with Crippen LogP contribution in [0.25, 0.3) is 0 Å². The van der Waals surface area contributed by atoms with Gasteiger partial charge in [-0.05, 0) is 26.2 Å². The molecule has 1 saturated carbocycles. The molecule has 3 nitrogen and oxygen atoms in total. The molecule has 0 radical (unpaired) electrons. The highest BCUT2D eigenvalue weighted by Crippen LogP contribution is 2.29. The monoisotopic (exact) mass is 194 g/mol. The first kappa shape index (κ1) is 9.69. The van der Waals surface area contributed by atoms with Crippen LogP contribution in [-0.2, 0) is 4.79 Å². The lowest BCUT2D eigenvalue weighted by atomic mass is 10.0. The van der Waals surface area contributed by atoms with E-state index in [9.17, 15) is 4.79 Å². The van der Waals surface area contributed by atoms with Gasteiger partial charge in [0.15, 0.2) is 0 Å². The van der Waals surface area contributed by atoms with Gasteiger partial charge >= 0.3 is 0 Å². The van der Waals surface area contributed by atoms with Gasteiger partial charge < -0.3 is 0 Å². The van der Waals surface area contributed by atoms with Crippen LogP contribution >= 0.6 is 0 Å². The highest BCUT2D eigenvalue weighted by molar-refractivity contribution is 6.06. The van der Waals surface area contributed by atoms with Crippen LogP contribution < -0.4 is 0 Å². The molecule has 0 spiro atoms. The Hall–Kier alpha value is -0.860. The van der Waals surface area contributed by atoms with E-state index in [2.05, 4.69) is 12.0 Å². The highest BCUT2D eigenvalue weighted by atomic mass is 16.2. The van der Waals surface area contributed by atoms with E-state index in [0.717, 1.165) is 25.0 Å². The predicted octanol–water partition coefficient (Wildman–Crippen LogP) is 2.17. The summed E-state index contributed by atoms with van der Waals surface area (Å²) in [7, 11) is 0. The van der Waals surface area contributed by atoms with Crippen LogP contribution in [0.3, 0.4) is 0 Å². The fraction of sp³-hybridized carbons (Fsp3) is 0.818. The molecule has 78 valence electrons. The minimum absolute atomic E-state index is 0.0654. The van der Waals surface area contributed by atoms with Gasteiger partial charge in [-0.1, -0.05) is 19.8 Å². The van der Waals surface area contributed by atoms with Crippen LogP contribution in [0.5, 0.6) is 0 Å². The Morgan fingerprint density at radius 3 is 2.57 bits per heavy atom. The van der Waals surface area contributed by atoms with E-state index in [-0.39, 0.29) is 11.8 Å². The normalized spacial score (nSPS) is 28.7. The van der Waals surface area contributed by atoms with Crippen LogP contribution in [0.1, 0.15) is 46.0 Å². The van der Waals surface area contributed by atoms with Crippen LogP contribution in [0.4, 0.5) is 0 Å². The Labute approximate surface area is 85.2 Å². The van der Waals surface area contributed by atoms with Crippen LogP contribution in [0.2, 0.25) is 0 Å². The second-order valence-electron chi connectivity index (χ2n) is 4.32. The summed E-state index contributed by atoms with van der Waals surface area (Å²) in [6.07, 6.45) is 5.66. The Morgan fingerprint density at radius 1 is 1.43 bits per heavy atom. The summed E-state index contributed by atoms with van der Waals surface area (Å²) in [5.41, 5.74) is 1.00. The van der Waals surface area contributed by atoms with Gasteiger partial charge in [0.2, 0.25) is 0 Å². The molecule has 0 aromatic rings. The molecule has 0 bridgehead atoms. The third kappa shape index (κ3) is 1.45. The molecule has 2 rings (SSSR count). The Kier molecular flexibility index (Phi) is 2.57. The van der Waals surface area contributed by atoms with Crippen molar-refractivity contribution >= 4 is 11.6 Å². The molecule has 1 unspecified atom stereocenters. The molecule has 1 heterocycles. The zero-order valence-electron chi connectivity index (χ0n) is 8.99. The van der Waals surface area contributed by atoms with E-state index < -0.39 is 0 Å². The van der Waals surface area contributed by atoms with Crippen molar-refractivity contribution in [2.45, 2.75) is 52.0 Å². The standard InChI is InChI=1S/C11H18N2O/c1-3-10-8(2)12-13(11(10)14)9-6-4-5-7-9/h9-10H,3-7H2,1-2H3. The zero-order chi connectivity index (χ0) is 10.1. The maximum absolute atomic E-state index is 11.9. The molecule has 0 saturated heterocycles. The molecule has 1 aliphatic heterocycles. The SMILES string of the molecule is CCC1C(=O)N(C2CCCC2)N=C1C. The molecule has 14 heavy (non-hydrogen) atoms. The molecule has 0 aromatic heterocycles. The topological polar surface area (TPSA) is 32.7 Å². The fourth-order valence-electron chi connectivity index (χ4n) is 2.51. The highest BCUT2D eigenvalue weighted by Gasteiger charge is 2.36. The van der Waals surface area contributed by atoms with Gasteiger partial charge in [-0.3, -0.25) is 4.79 Å². The maximum atomic E-state index is 11.9. The molecular formula is C11H18N2O. The van der Waals surface area contributed by atoms with Crippen molar-refractivity contribution < 1.29 is 4.79 Å². The fourth-order valence-corrected chi connectivity index (χ4v) is 2.51. The second kappa shape index (κ2) is 3.71. The molecule has 0 N–H and O–H groups in total. The van der Waals surface area contributed by atoms with Crippen molar-refractivity contribution in [1.29, 1.82) is 0 Å². The minimum Gasteiger partial charge on any atom is -0.272 e. The number of carbonyl (C=O) groups excluding carboxylic acids is 1. The number of carbonyl (C=O) groups is 1. The number of hydrogen-bond acceptors (Lipinski definition) is 2. The van der Waals surface area contributed by atoms with E-state index >= 15 is 0 Å². The Morgan fingerprint density at radius 2 is 2.07 bits per heavy atom. The zero-order valence-corrected chi connectivity index (χ0v) is 8.99. The van der Waals surface area contributed by atoms with Gasteiger partial charge in [-0.2, -0.15) is 5.10 Å². The van der Waals surface area contributed by atoms with Crippen molar-refractivity contribution in [2.75, 3.05) is 0 Å². The smallest absolute Gasteiger partial charge is 0.251 e. The Balaban J connectivity index is 2.11. The summed E-state index contributed by atoms with van der Waals surface area (Å²) in [5, 5.41) is 6.16. The van der Waals surface area contributed by atoms with Crippen molar-refractivity contribution in [3.63, 3.8) is 0 Å². The average Bonchev–Trinajstić information content (AvgIpc) is 2.74. The van der Waals surface area contributed by atoms with E-state index in [0.29, 0.717) is 6.04 Å². The first-order valence-electron chi connectivity index (χ1n) is 5.62. The van der Waals surface area contributed by atoms with Gasteiger partial charge in [0, 0.05) is 5.71 Å². The van der Waals surface area contributed by atoms with Gasteiger partial charge in [-0.25, -0.2) is 5.01 Å². The largest absolute Gasteiger partial charge is 0.272 e. The maximum Gasteiger partial charge on any atom is 0.251 e. The number of amides is 1. The lowest BCUT2D eigenvalue weighted by Crippen LogP contribution is -2.34. The molecule has 1 fully saturated rings. The van der Waals surface area contributed by atoms with Crippen molar-refractivity contribution in [3.05, 3.63) is 0 Å². The van der Waals surface area contributed by atoms with Gasteiger partial charge in [0.05, 0.1) is 12.0 Å². The summed E-state index contributed by atoms with van der Waals surface area (Å²) in [6, 6.07) is 0.397. The molecule has 1 atom stereocenters. The minimum atomic E-state index is 0.0654. The summed E-state index contributed by atoms with van der Waals surface area (Å²) in [5.74, 6) is 0.299. The van der Waals surface area contributed by atoms with Crippen LogP contribution in [0, 0.1) is 5.92 Å². The summed E-state index contributed by atoms with van der Waals surface area (Å²) in [6.45, 7) is 4.03. The van der Waals surface area contributed by atoms with Crippen molar-refractivity contribution in [3.8, 4) is 0 Å². The van der Waals surface area contributed by atoms with Gasteiger partial charge in [0.1, 0.15) is 0 Å². The van der Waals surface area contributed by atoms with E-state index in [1.165, 1.54) is 12.8 Å². The molecule has 3 heteroatoms. The second-order valence-corrected chi connectivity index (χ2v) is 4.32. The summed E-state index contributed by atoms with van der Waals surface area (Å²) in [4.78, 5) is 11.9. The lowest BCUT2D eigenvalue weighted by Gasteiger charge is -2.20. The number of rotatable bonds is 2. The first-order chi connectivity index (χ1) is 6.74. The average molecular weight is 194 g/mol. The summed E-state index contributed by atoms with van der Waals surface area (Å²) < 4.78 is 0. The van der Waals surface area contributed by atoms with Crippen LogP contribution in [0.15, 0.2) is 5.10 Å². The third-order valence-corrected chi connectivity index (χ3v) is 3.37. The van der Waals surface area contributed by atoms with Gasteiger partial charge in [0.25, 0.3) is 5.91 Å². The Bertz CT molecular complexity index is 266. The predicted molar refractivity (Wildman–Crippen MR) is 56.0 cm³/mol. The quantitative estimate of drug-likeness (QED) is 0.663. The number of hydrazone groups is 1. The molecule has 1 amide bonds. The van der Waals surface area contributed by atoms with E-state index in [1.807, 2.05) is 6.92 Å².